The smallest absolute Gasteiger partial charge is 0.220 e. The number of hydrogen-bond acceptors (Lipinski definition) is 2. The van der Waals surface area contributed by atoms with Crippen LogP contribution in [0.1, 0.15) is 33.5 Å². The van der Waals surface area contributed by atoms with Gasteiger partial charge < -0.3 is 15.6 Å². The van der Waals surface area contributed by atoms with Crippen LogP contribution in [0.3, 0.4) is 0 Å². The van der Waals surface area contributed by atoms with E-state index in [1.807, 2.05) is 26.0 Å². The summed E-state index contributed by atoms with van der Waals surface area (Å²) < 4.78 is 0. The Morgan fingerprint density at radius 1 is 1.43 bits per heavy atom. The molecule has 0 spiro atoms. The Labute approximate surface area is 127 Å². The zero-order valence-corrected chi connectivity index (χ0v) is 12.9. The van der Waals surface area contributed by atoms with Crippen LogP contribution in [0.2, 0.25) is 0 Å². The Balaban J connectivity index is 0.000000775. The van der Waals surface area contributed by atoms with Gasteiger partial charge in [-0.15, -0.1) is 0 Å². The van der Waals surface area contributed by atoms with E-state index in [9.17, 15) is 4.79 Å². The van der Waals surface area contributed by atoms with Crippen LogP contribution in [0.4, 0.5) is 0 Å². The normalized spacial score (nSPS) is 16.9. The summed E-state index contributed by atoms with van der Waals surface area (Å²) in [6, 6.07) is 8.08. The number of para-hydroxylation sites is 1. The van der Waals surface area contributed by atoms with Gasteiger partial charge in [-0.3, -0.25) is 4.79 Å². The monoisotopic (exact) mass is 287 g/mol. The van der Waals surface area contributed by atoms with E-state index in [-0.39, 0.29) is 13.4 Å². The summed E-state index contributed by atoms with van der Waals surface area (Å²) in [5.74, 6) is 0.0286. The van der Waals surface area contributed by atoms with E-state index < -0.39 is 0 Å². The van der Waals surface area contributed by atoms with E-state index in [1.54, 1.807) is 11.8 Å². The summed E-state index contributed by atoms with van der Waals surface area (Å²) in [6.07, 6.45) is 0.730. The molecule has 0 bridgehead atoms. The van der Waals surface area contributed by atoms with Crippen molar-refractivity contribution in [3.05, 3.63) is 47.8 Å². The number of nitrogens with two attached hydrogens (primary N) is 1. The summed E-state index contributed by atoms with van der Waals surface area (Å²) in [5.41, 5.74) is 9.88. The number of carbonyl (C=O) groups excluding carboxylic acids is 1. The SMILES string of the molecule is C=C(N)[C@H]1Cc2c([nH]c3ccccc23)CN1C(C)=O.CC.[HH]. The third-order valence-corrected chi connectivity index (χ3v) is 3.84. The third-order valence-electron chi connectivity index (χ3n) is 3.84. The number of benzene rings is 1. The van der Waals surface area contributed by atoms with Gasteiger partial charge in [0.2, 0.25) is 5.91 Å². The molecule has 2 aromatic rings. The van der Waals surface area contributed by atoms with Gasteiger partial charge >= 0.3 is 0 Å². The maximum Gasteiger partial charge on any atom is 0.220 e. The van der Waals surface area contributed by atoms with Gasteiger partial charge in [-0.1, -0.05) is 38.6 Å². The molecule has 3 N–H and O–H groups in total. The quantitative estimate of drug-likeness (QED) is 0.846. The maximum absolute atomic E-state index is 11.8. The number of nitrogens with zero attached hydrogens (tertiary/aromatic N) is 1. The van der Waals surface area contributed by atoms with Gasteiger partial charge in [0.15, 0.2) is 0 Å². The largest absolute Gasteiger partial charge is 0.401 e. The highest BCUT2D eigenvalue weighted by atomic mass is 16.2. The second-order valence-corrected chi connectivity index (χ2v) is 5.07. The number of H-pyrrole nitrogens is 1. The number of fused-ring (bicyclic) bond motifs is 3. The first kappa shape index (κ1) is 15.2. The van der Waals surface area contributed by atoms with Crippen LogP contribution >= 0.6 is 0 Å². The number of aromatic amines is 1. The van der Waals surface area contributed by atoms with E-state index in [0.29, 0.717) is 12.2 Å². The number of rotatable bonds is 1. The molecule has 0 fully saturated rings. The number of carbonyl (C=O) groups is 1. The molecule has 4 nitrogen and oxygen atoms in total. The molecule has 0 saturated carbocycles. The van der Waals surface area contributed by atoms with Gasteiger partial charge in [0, 0.05) is 37.1 Å². The van der Waals surface area contributed by atoms with Crippen LogP contribution in [0.25, 0.3) is 10.9 Å². The van der Waals surface area contributed by atoms with Crippen molar-refractivity contribution in [3.63, 3.8) is 0 Å². The molecule has 2 heterocycles. The number of hydrogen-bond donors (Lipinski definition) is 2. The molecule has 3 rings (SSSR count). The van der Waals surface area contributed by atoms with Gasteiger partial charge in [-0.05, 0) is 11.6 Å². The first-order valence-corrected chi connectivity index (χ1v) is 7.38. The average Bonchev–Trinajstić information content (AvgIpc) is 2.85. The number of amides is 1. The van der Waals surface area contributed by atoms with Crippen molar-refractivity contribution in [1.29, 1.82) is 0 Å². The summed E-state index contributed by atoms with van der Waals surface area (Å²) >= 11 is 0. The number of nitrogens with one attached hydrogen (secondary N) is 1. The molecule has 0 radical (unpaired) electrons. The lowest BCUT2D eigenvalue weighted by Crippen LogP contribution is -2.45. The molecule has 1 amide bonds. The topological polar surface area (TPSA) is 62.1 Å². The summed E-state index contributed by atoms with van der Waals surface area (Å²) in [5, 5.41) is 1.21. The Kier molecular flexibility index (Phi) is 4.36. The molecule has 1 aliphatic rings. The summed E-state index contributed by atoms with van der Waals surface area (Å²) in [7, 11) is 0. The lowest BCUT2D eigenvalue weighted by molar-refractivity contribution is -0.131. The van der Waals surface area contributed by atoms with Crippen molar-refractivity contribution in [2.24, 2.45) is 5.73 Å². The molecular weight excluding hydrogens is 262 g/mol. The minimum atomic E-state index is -0.107. The molecule has 4 heteroatoms. The molecule has 1 aromatic carbocycles. The van der Waals surface area contributed by atoms with Crippen molar-refractivity contribution in [2.75, 3.05) is 0 Å². The van der Waals surface area contributed by atoms with Gasteiger partial charge in [-0.25, -0.2) is 0 Å². The average molecular weight is 287 g/mol. The molecule has 1 atom stereocenters. The molecule has 0 unspecified atom stereocenters. The van der Waals surface area contributed by atoms with Crippen molar-refractivity contribution >= 4 is 16.8 Å². The van der Waals surface area contributed by atoms with Crippen molar-refractivity contribution < 1.29 is 6.22 Å². The fourth-order valence-electron chi connectivity index (χ4n) is 2.87. The van der Waals surface area contributed by atoms with Crippen LogP contribution in [0.5, 0.6) is 0 Å². The molecular formula is C17H25N3O. The highest BCUT2D eigenvalue weighted by Crippen LogP contribution is 2.31. The van der Waals surface area contributed by atoms with Crippen molar-refractivity contribution in [3.8, 4) is 0 Å². The van der Waals surface area contributed by atoms with Crippen LogP contribution < -0.4 is 5.73 Å². The zero-order chi connectivity index (χ0) is 15.6. The van der Waals surface area contributed by atoms with E-state index in [4.69, 9.17) is 5.73 Å². The highest BCUT2D eigenvalue weighted by molar-refractivity contribution is 5.85. The standard InChI is InChI=1S/C15H17N3O.C2H6.H2/c1-9(16)15-7-12-11-5-3-4-6-13(11)17-14(12)8-18(15)10(2)19;1-2;/h3-6,15,17H,1,7-8,16H2,2H3;1-2H3;1H/t15-;;/m1../s1. The van der Waals surface area contributed by atoms with E-state index in [2.05, 4.69) is 23.7 Å². The van der Waals surface area contributed by atoms with Gasteiger partial charge in [0.25, 0.3) is 0 Å². The van der Waals surface area contributed by atoms with Gasteiger partial charge in [0.1, 0.15) is 0 Å². The predicted octanol–water partition coefficient (Wildman–Crippen LogP) is 3.19. The summed E-state index contributed by atoms with van der Waals surface area (Å²) in [4.78, 5) is 16.9. The van der Waals surface area contributed by atoms with E-state index >= 15 is 0 Å². The van der Waals surface area contributed by atoms with Crippen LogP contribution in [-0.4, -0.2) is 21.8 Å². The number of aromatic nitrogens is 1. The zero-order valence-electron chi connectivity index (χ0n) is 12.9. The second kappa shape index (κ2) is 6.04. The van der Waals surface area contributed by atoms with Crippen molar-refractivity contribution in [1.82, 2.24) is 9.88 Å². The molecule has 21 heavy (non-hydrogen) atoms. The van der Waals surface area contributed by atoms with Crippen LogP contribution in [-0.2, 0) is 17.8 Å². The molecule has 1 aliphatic heterocycles. The second-order valence-electron chi connectivity index (χ2n) is 5.07. The molecule has 1 aromatic heterocycles. The molecule has 0 aliphatic carbocycles. The Morgan fingerprint density at radius 2 is 2.10 bits per heavy atom. The van der Waals surface area contributed by atoms with Gasteiger partial charge in [0.05, 0.1) is 12.6 Å². The Bertz CT molecular complexity index is 678. The van der Waals surface area contributed by atoms with E-state index in [0.717, 1.165) is 17.6 Å². The molecule has 0 saturated heterocycles. The lowest BCUT2D eigenvalue weighted by atomic mass is 9.95. The maximum atomic E-state index is 11.8. The fraction of sp³-hybridized carbons (Fsp3) is 0.353. The van der Waals surface area contributed by atoms with E-state index in [1.165, 1.54) is 10.9 Å². The lowest BCUT2D eigenvalue weighted by Gasteiger charge is -2.35. The minimum absolute atomic E-state index is 0. The fourth-order valence-corrected chi connectivity index (χ4v) is 2.87. The van der Waals surface area contributed by atoms with Crippen LogP contribution in [0.15, 0.2) is 36.5 Å². The first-order chi connectivity index (χ1) is 10.1. The Hall–Kier alpha value is -2.23. The van der Waals surface area contributed by atoms with Gasteiger partial charge in [-0.2, -0.15) is 0 Å². The molecule has 114 valence electrons. The minimum Gasteiger partial charge on any atom is -0.401 e. The van der Waals surface area contributed by atoms with Crippen molar-refractivity contribution in [2.45, 2.75) is 39.8 Å². The Morgan fingerprint density at radius 3 is 2.71 bits per heavy atom. The predicted molar refractivity (Wildman–Crippen MR) is 88.8 cm³/mol. The first-order valence-electron chi connectivity index (χ1n) is 7.38. The highest BCUT2D eigenvalue weighted by Gasteiger charge is 2.31. The summed E-state index contributed by atoms with van der Waals surface area (Å²) in [6.45, 7) is 9.97. The van der Waals surface area contributed by atoms with Crippen LogP contribution in [0, 0.1) is 0 Å². The third kappa shape index (κ3) is 2.66.